The fraction of sp³-hybridized carbons (Fsp3) is 0.688. The number of aromatic nitrogens is 1. The first-order valence-electron chi connectivity index (χ1n) is 7.75. The van der Waals surface area contributed by atoms with Crippen LogP contribution in [0.3, 0.4) is 0 Å². The molecule has 0 bridgehead atoms. The summed E-state index contributed by atoms with van der Waals surface area (Å²) in [6.07, 6.45) is 7.33. The van der Waals surface area contributed by atoms with Crippen LogP contribution >= 0.6 is 0 Å². The SMILES string of the molecule is CCC1OCC(C(c2cccnc2)N2CCCC2)CO1. The molecular formula is C16H24N2O2. The van der Waals surface area contributed by atoms with Crippen molar-refractivity contribution in [3.8, 4) is 0 Å². The van der Waals surface area contributed by atoms with Gasteiger partial charge in [-0.15, -0.1) is 0 Å². The second-order valence-electron chi connectivity index (χ2n) is 5.74. The molecule has 4 nitrogen and oxygen atoms in total. The van der Waals surface area contributed by atoms with Crippen molar-refractivity contribution >= 4 is 0 Å². The Labute approximate surface area is 121 Å². The van der Waals surface area contributed by atoms with Crippen LogP contribution in [0.4, 0.5) is 0 Å². The molecule has 2 aliphatic heterocycles. The first-order valence-corrected chi connectivity index (χ1v) is 7.75. The number of pyridine rings is 1. The van der Waals surface area contributed by atoms with Crippen molar-refractivity contribution in [1.82, 2.24) is 9.88 Å². The van der Waals surface area contributed by atoms with Crippen molar-refractivity contribution in [1.29, 1.82) is 0 Å². The molecule has 0 radical (unpaired) electrons. The van der Waals surface area contributed by atoms with Crippen LogP contribution in [0.1, 0.15) is 37.8 Å². The molecule has 2 saturated heterocycles. The van der Waals surface area contributed by atoms with Gasteiger partial charge in [-0.1, -0.05) is 13.0 Å². The van der Waals surface area contributed by atoms with Crippen LogP contribution in [0.25, 0.3) is 0 Å². The molecule has 2 fully saturated rings. The summed E-state index contributed by atoms with van der Waals surface area (Å²) in [7, 11) is 0. The Morgan fingerprint density at radius 3 is 2.65 bits per heavy atom. The van der Waals surface area contributed by atoms with E-state index in [9.17, 15) is 0 Å². The molecule has 1 aromatic rings. The molecule has 1 atom stereocenters. The topological polar surface area (TPSA) is 34.6 Å². The van der Waals surface area contributed by atoms with Gasteiger partial charge in [-0.3, -0.25) is 9.88 Å². The van der Waals surface area contributed by atoms with Crippen molar-refractivity contribution < 1.29 is 9.47 Å². The number of nitrogens with zero attached hydrogens (tertiary/aromatic N) is 2. The standard InChI is InChI=1S/C16H24N2O2/c1-2-15-19-11-14(12-20-15)16(18-8-3-4-9-18)13-6-5-7-17-10-13/h5-7,10,14-16H,2-4,8-9,11-12H2,1H3. The molecular weight excluding hydrogens is 252 g/mol. The molecule has 1 aromatic heterocycles. The minimum Gasteiger partial charge on any atom is -0.352 e. The Bertz CT molecular complexity index is 398. The number of hydrogen-bond acceptors (Lipinski definition) is 4. The average molecular weight is 276 g/mol. The van der Waals surface area contributed by atoms with E-state index in [0.29, 0.717) is 12.0 Å². The predicted molar refractivity (Wildman–Crippen MR) is 77.3 cm³/mol. The van der Waals surface area contributed by atoms with E-state index < -0.39 is 0 Å². The van der Waals surface area contributed by atoms with Crippen LogP contribution in [0, 0.1) is 5.92 Å². The third-order valence-corrected chi connectivity index (χ3v) is 4.33. The molecule has 0 saturated carbocycles. The Kier molecular flexibility index (Phi) is 4.65. The van der Waals surface area contributed by atoms with Crippen LogP contribution in [0.5, 0.6) is 0 Å². The summed E-state index contributed by atoms with van der Waals surface area (Å²) in [5.74, 6) is 0.403. The van der Waals surface area contributed by atoms with Crippen LogP contribution in [-0.2, 0) is 9.47 Å². The molecule has 1 unspecified atom stereocenters. The lowest BCUT2D eigenvalue weighted by Crippen LogP contribution is -2.41. The van der Waals surface area contributed by atoms with Gasteiger partial charge in [0, 0.05) is 24.4 Å². The van der Waals surface area contributed by atoms with E-state index >= 15 is 0 Å². The van der Waals surface area contributed by atoms with Gasteiger partial charge in [-0.2, -0.15) is 0 Å². The molecule has 20 heavy (non-hydrogen) atoms. The van der Waals surface area contributed by atoms with Gasteiger partial charge in [0.1, 0.15) is 0 Å². The molecule has 0 aliphatic carbocycles. The summed E-state index contributed by atoms with van der Waals surface area (Å²) in [6.45, 7) is 6.02. The summed E-state index contributed by atoms with van der Waals surface area (Å²) in [5.41, 5.74) is 1.29. The summed E-state index contributed by atoms with van der Waals surface area (Å²) in [6, 6.07) is 4.59. The molecule has 0 spiro atoms. The number of hydrogen-bond donors (Lipinski definition) is 0. The van der Waals surface area contributed by atoms with Gasteiger partial charge in [0.15, 0.2) is 6.29 Å². The van der Waals surface area contributed by atoms with E-state index in [0.717, 1.165) is 19.6 Å². The summed E-state index contributed by atoms with van der Waals surface area (Å²) >= 11 is 0. The van der Waals surface area contributed by atoms with Gasteiger partial charge in [0.25, 0.3) is 0 Å². The third-order valence-electron chi connectivity index (χ3n) is 4.33. The fourth-order valence-electron chi connectivity index (χ4n) is 3.33. The number of ether oxygens (including phenoxy) is 2. The lowest BCUT2D eigenvalue weighted by atomic mass is 9.93. The molecule has 110 valence electrons. The van der Waals surface area contributed by atoms with Crippen molar-refractivity contribution in [2.45, 2.75) is 38.5 Å². The number of likely N-dealkylation sites (tertiary alicyclic amines) is 1. The summed E-state index contributed by atoms with van der Waals surface area (Å²) < 4.78 is 11.7. The van der Waals surface area contributed by atoms with Crippen LogP contribution < -0.4 is 0 Å². The first-order chi connectivity index (χ1) is 9.88. The quantitative estimate of drug-likeness (QED) is 0.846. The highest BCUT2D eigenvalue weighted by molar-refractivity contribution is 5.16. The highest BCUT2D eigenvalue weighted by Crippen LogP contribution is 2.34. The zero-order valence-corrected chi connectivity index (χ0v) is 12.2. The molecule has 0 amide bonds. The van der Waals surface area contributed by atoms with Crippen molar-refractivity contribution in [3.63, 3.8) is 0 Å². The predicted octanol–water partition coefficient (Wildman–Crippen LogP) is 2.62. The number of rotatable bonds is 4. The monoisotopic (exact) mass is 276 g/mol. The molecule has 4 heteroatoms. The van der Waals surface area contributed by atoms with Crippen molar-refractivity contribution in [2.24, 2.45) is 5.92 Å². The Balaban J connectivity index is 1.76. The van der Waals surface area contributed by atoms with Gasteiger partial charge >= 0.3 is 0 Å². The summed E-state index contributed by atoms with van der Waals surface area (Å²) in [4.78, 5) is 6.86. The van der Waals surface area contributed by atoms with Gasteiger partial charge in [0.05, 0.1) is 13.2 Å². The minimum absolute atomic E-state index is 0.0145. The van der Waals surface area contributed by atoms with Crippen molar-refractivity contribution in [2.75, 3.05) is 26.3 Å². The second-order valence-corrected chi connectivity index (χ2v) is 5.74. The van der Waals surface area contributed by atoms with E-state index in [1.54, 1.807) is 0 Å². The maximum atomic E-state index is 5.83. The van der Waals surface area contributed by atoms with Gasteiger partial charge in [0.2, 0.25) is 0 Å². The Morgan fingerprint density at radius 2 is 2.05 bits per heavy atom. The highest BCUT2D eigenvalue weighted by Gasteiger charge is 2.34. The maximum absolute atomic E-state index is 5.83. The fourth-order valence-corrected chi connectivity index (χ4v) is 3.33. The van der Waals surface area contributed by atoms with E-state index in [1.807, 2.05) is 18.5 Å². The van der Waals surface area contributed by atoms with Crippen LogP contribution in [0.15, 0.2) is 24.5 Å². The Morgan fingerprint density at radius 1 is 1.30 bits per heavy atom. The summed E-state index contributed by atoms with van der Waals surface area (Å²) in [5, 5.41) is 0. The molecule has 3 rings (SSSR count). The molecule has 0 aromatic carbocycles. The largest absolute Gasteiger partial charge is 0.352 e. The van der Waals surface area contributed by atoms with Gasteiger partial charge in [-0.05, 0) is 44.0 Å². The minimum atomic E-state index is -0.0145. The lowest BCUT2D eigenvalue weighted by molar-refractivity contribution is -0.210. The smallest absolute Gasteiger partial charge is 0.157 e. The maximum Gasteiger partial charge on any atom is 0.157 e. The zero-order chi connectivity index (χ0) is 13.8. The molecule has 3 heterocycles. The first kappa shape index (κ1) is 14.0. The van der Waals surface area contributed by atoms with Gasteiger partial charge in [-0.25, -0.2) is 0 Å². The van der Waals surface area contributed by atoms with E-state index in [-0.39, 0.29) is 6.29 Å². The second kappa shape index (κ2) is 6.66. The van der Waals surface area contributed by atoms with Crippen LogP contribution in [-0.4, -0.2) is 42.5 Å². The van der Waals surface area contributed by atoms with E-state index in [1.165, 1.54) is 31.5 Å². The molecule has 0 N–H and O–H groups in total. The normalized spacial score (nSPS) is 29.4. The zero-order valence-electron chi connectivity index (χ0n) is 12.2. The van der Waals surface area contributed by atoms with E-state index in [2.05, 4.69) is 22.9 Å². The van der Waals surface area contributed by atoms with Gasteiger partial charge < -0.3 is 9.47 Å². The lowest BCUT2D eigenvalue weighted by Gasteiger charge is -2.38. The third kappa shape index (κ3) is 3.03. The van der Waals surface area contributed by atoms with E-state index in [4.69, 9.17) is 9.47 Å². The highest BCUT2D eigenvalue weighted by atomic mass is 16.7. The average Bonchev–Trinajstić information content (AvgIpc) is 3.03. The Hall–Kier alpha value is -0.970. The van der Waals surface area contributed by atoms with Crippen molar-refractivity contribution in [3.05, 3.63) is 30.1 Å². The van der Waals surface area contributed by atoms with Crippen LogP contribution in [0.2, 0.25) is 0 Å². The molecule has 2 aliphatic rings.